The van der Waals surface area contributed by atoms with Gasteiger partial charge in [-0.15, -0.1) is 0 Å². The number of rotatable bonds is 4. The SMILES string of the molecule is N[C@H]1[C@H]([C@H](O)[C@H](O)CO)OC(O)(C(=O)O)C(F)[C@@H]1O. The Hall–Kier alpha value is -0.880. The van der Waals surface area contributed by atoms with Crippen LogP contribution >= 0.6 is 0 Å². The number of aliphatic hydroxyl groups excluding tert-OH is 4. The van der Waals surface area contributed by atoms with Gasteiger partial charge in [-0.05, 0) is 0 Å². The summed E-state index contributed by atoms with van der Waals surface area (Å²) in [6, 6.07) is -1.61. The van der Waals surface area contributed by atoms with Crippen LogP contribution in [0.5, 0.6) is 0 Å². The smallest absolute Gasteiger partial charge is 0.367 e. The molecule has 9 nitrogen and oxygen atoms in total. The van der Waals surface area contributed by atoms with Gasteiger partial charge >= 0.3 is 11.8 Å². The first-order valence-corrected chi connectivity index (χ1v) is 5.35. The van der Waals surface area contributed by atoms with Crippen molar-refractivity contribution in [1.29, 1.82) is 0 Å². The van der Waals surface area contributed by atoms with Gasteiger partial charge in [-0.2, -0.15) is 0 Å². The Morgan fingerprint density at radius 3 is 2.42 bits per heavy atom. The average Bonchev–Trinajstić information content (AvgIpc) is 2.38. The Morgan fingerprint density at radius 2 is 2.00 bits per heavy atom. The first-order chi connectivity index (χ1) is 8.66. The van der Waals surface area contributed by atoms with Crippen LogP contribution in [0.4, 0.5) is 4.39 Å². The second kappa shape index (κ2) is 5.63. The van der Waals surface area contributed by atoms with Crippen molar-refractivity contribution in [2.45, 2.75) is 42.4 Å². The second-order valence-electron chi connectivity index (χ2n) is 4.29. The summed E-state index contributed by atoms with van der Waals surface area (Å²) in [5, 5.41) is 55.1. The van der Waals surface area contributed by atoms with E-state index in [1.807, 2.05) is 0 Å². The van der Waals surface area contributed by atoms with E-state index in [4.69, 9.17) is 15.9 Å². The lowest BCUT2D eigenvalue weighted by molar-refractivity contribution is -0.318. The number of nitrogens with two attached hydrogens (primary N) is 1. The van der Waals surface area contributed by atoms with E-state index in [1.165, 1.54) is 0 Å². The fraction of sp³-hybridized carbons (Fsp3) is 0.889. The third-order valence-electron chi connectivity index (χ3n) is 2.99. The lowest BCUT2D eigenvalue weighted by Gasteiger charge is -2.44. The van der Waals surface area contributed by atoms with E-state index in [0.29, 0.717) is 0 Å². The second-order valence-corrected chi connectivity index (χ2v) is 4.29. The maximum Gasteiger partial charge on any atom is 0.367 e. The molecule has 2 unspecified atom stereocenters. The van der Waals surface area contributed by atoms with Crippen molar-refractivity contribution in [2.75, 3.05) is 6.61 Å². The first-order valence-electron chi connectivity index (χ1n) is 5.35. The largest absolute Gasteiger partial charge is 0.477 e. The number of hydrogen-bond acceptors (Lipinski definition) is 8. The molecule has 0 aromatic rings. The highest BCUT2D eigenvalue weighted by Crippen LogP contribution is 2.31. The van der Waals surface area contributed by atoms with E-state index in [2.05, 4.69) is 4.74 Å². The van der Waals surface area contributed by atoms with Crippen LogP contribution in [0.2, 0.25) is 0 Å². The molecule has 0 radical (unpaired) electrons. The van der Waals surface area contributed by atoms with Crippen molar-refractivity contribution in [3.8, 4) is 0 Å². The predicted molar refractivity (Wildman–Crippen MR) is 55.4 cm³/mol. The lowest BCUT2D eigenvalue weighted by atomic mass is 9.88. The molecule has 1 aliphatic heterocycles. The Labute approximate surface area is 106 Å². The molecule has 0 aromatic carbocycles. The highest BCUT2D eigenvalue weighted by molar-refractivity contribution is 5.76. The van der Waals surface area contributed by atoms with Crippen LogP contribution in [0.15, 0.2) is 0 Å². The van der Waals surface area contributed by atoms with Gasteiger partial charge in [0.25, 0.3) is 0 Å². The molecular formula is C9H16FNO8. The average molecular weight is 285 g/mol. The number of carboxylic acids is 1. The minimum absolute atomic E-state index is 0.908. The summed E-state index contributed by atoms with van der Waals surface area (Å²) in [6.45, 7) is -0.908. The molecule has 0 saturated carbocycles. The van der Waals surface area contributed by atoms with Gasteiger partial charge in [-0.3, -0.25) is 0 Å². The van der Waals surface area contributed by atoms with Crippen LogP contribution in [-0.2, 0) is 9.53 Å². The molecule has 10 heteroatoms. The molecule has 8 N–H and O–H groups in total. The molecule has 0 aromatic heterocycles. The minimum Gasteiger partial charge on any atom is -0.477 e. The molecule has 7 atom stereocenters. The predicted octanol–water partition coefficient (Wildman–Crippen LogP) is -4.10. The van der Waals surface area contributed by atoms with Gasteiger partial charge in [-0.1, -0.05) is 0 Å². The third-order valence-corrected chi connectivity index (χ3v) is 2.99. The van der Waals surface area contributed by atoms with Crippen molar-refractivity contribution in [1.82, 2.24) is 0 Å². The van der Waals surface area contributed by atoms with Gasteiger partial charge < -0.3 is 41.1 Å². The van der Waals surface area contributed by atoms with E-state index in [-0.39, 0.29) is 0 Å². The van der Waals surface area contributed by atoms with Crippen molar-refractivity contribution in [3.63, 3.8) is 0 Å². The van der Waals surface area contributed by atoms with Crippen molar-refractivity contribution in [2.24, 2.45) is 5.73 Å². The van der Waals surface area contributed by atoms with Crippen LogP contribution in [0.25, 0.3) is 0 Å². The van der Waals surface area contributed by atoms with Crippen LogP contribution in [0.1, 0.15) is 0 Å². The van der Waals surface area contributed by atoms with E-state index >= 15 is 0 Å². The molecule has 1 rings (SSSR count). The van der Waals surface area contributed by atoms with Gasteiger partial charge in [-0.25, -0.2) is 9.18 Å². The van der Waals surface area contributed by atoms with E-state index in [1.54, 1.807) is 0 Å². The molecular weight excluding hydrogens is 269 g/mol. The molecule has 1 saturated heterocycles. The van der Waals surface area contributed by atoms with Crippen LogP contribution < -0.4 is 5.73 Å². The molecule has 0 amide bonds. The summed E-state index contributed by atoms with van der Waals surface area (Å²) in [5.74, 6) is -5.53. The van der Waals surface area contributed by atoms with Crippen molar-refractivity contribution in [3.05, 3.63) is 0 Å². The molecule has 1 fully saturated rings. The summed E-state index contributed by atoms with van der Waals surface area (Å²) < 4.78 is 18.1. The molecule has 1 aliphatic rings. The van der Waals surface area contributed by atoms with Gasteiger partial charge in [0.15, 0.2) is 6.17 Å². The number of carboxylic acid groups (broad SMARTS) is 1. The van der Waals surface area contributed by atoms with Gasteiger partial charge in [0.05, 0.1) is 12.6 Å². The fourth-order valence-electron chi connectivity index (χ4n) is 1.76. The van der Waals surface area contributed by atoms with E-state index in [9.17, 15) is 29.6 Å². The normalized spacial score (nSPS) is 42.7. The minimum atomic E-state index is -3.41. The molecule has 19 heavy (non-hydrogen) atoms. The Morgan fingerprint density at radius 1 is 1.47 bits per heavy atom. The topological polar surface area (TPSA) is 174 Å². The molecule has 1 heterocycles. The summed E-state index contributed by atoms with van der Waals surface area (Å²) in [5.41, 5.74) is 5.36. The number of aliphatic carboxylic acids is 1. The number of ether oxygens (including phenoxy) is 1. The molecule has 112 valence electrons. The van der Waals surface area contributed by atoms with E-state index in [0.717, 1.165) is 0 Å². The third kappa shape index (κ3) is 2.69. The maximum atomic E-state index is 13.6. The molecule has 0 bridgehead atoms. The Bertz CT molecular complexity index is 340. The number of halogens is 1. The van der Waals surface area contributed by atoms with Gasteiger partial charge in [0, 0.05) is 0 Å². The molecule has 0 spiro atoms. The lowest BCUT2D eigenvalue weighted by Crippen LogP contribution is -2.71. The highest BCUT2D eigenvalue weighted by atomic mass is 19.1. The van der Waals surface area contributed by atoms with Crippen LogP contribution in [-0.4, -0.2) is 85.6 Å². The van der Waals surface area contributed by atoms with E-state index < -0.39 is 55.0 Å². The Kier molecular flexibility index (Phi) is 4.79. The van der Waals surface area contributed by atoms with Gasteiger partial charge in [0.2, 0.25) is 0 Å². The first kappa shape index (κ1) is 16.2. The monoisotopic (exact) mass is 285 g/mol. The standard InChI is InChI=1S/C9H16FNO8/c10-7-5(15)3(11)6(4(14)2(13)1-12)19-9(7,18)8(16)17/h2-7,12-15,18H,1,11H2,(H,16,17)/t2-,3-,4-,5-,6-,7?,9?/m1/s1. The van der Waals surface area contributed by atoms with Crippen LogP contribution in [0, 0.1) is 0 Å². The highest BCUT2D eigenvalue weighted by Gasteiger charge is 2.60. The van der Waals surface area contributed by atoms with Crippen molar-refractivity contribution < 1.29 is 44.6 Å². The maximum absolute atomic E-state index is 13.6. The summed E-state index contributed by atoms with van der Waals surface area (Å²) in [6.07, 6.45) is -10.4. The number of aliphatic hydroxyl groups is 5. The fourth-order valence-corrected chi connectivity index (χ4v) is 1.76. The van der Waals surface area contributed by atoms with Crippen LogP contribution in [0.3, 0.4) is 0 Å². The number of hydrogen-bond donors (Lipinski definition) is 7. The summed E-state index contributed by atoms with van der Waals surface area (Å²) >= 11 is 0. The Balaban J connectivity index is 3.04. The number of carbonyl (C=O) groups is 1. The zero-order valence-corrected chi connectivity index (χ0v) is 9.63. The van der Waals surface area contributed by atoms with Gasteiger partial charge in [0.1, 0.15) is 24.4 Å². The quantitative estimate of drug-likeness (QED) is 0.271. The number of alkyl halides is 1. The summed E-state index contributed by atoms with van der Waals surface area (Å²) in [4.78, 5) is 10.8. The zero-order valence-electron chi connectivity index (χ0n) is 9.63. The summed E-state index contributed by atoms with van der Waals surface area (Å²) in [7, 11) is 0. The zero-order chi connectivity index (χ0) is 15.0. The molecule has 0 aliphatic carbocycles. The van der Waals surface area contributed by atoms with Crippen molar-refractivity contribution >= 4 is 5.97 Å².